The molecule has 0 bridgehead atoms. The molecule has 0 saturated carbocycles. The zero-order chi connectivity index (χ0) is 13.8. The molecule has 2 nitrogen and oxygen atoms in total. The zero-order valence-corrected chi connectivity index (χ0v) is 12.0. The van der Waals surface area contributed by atoms with Gasteiger partial charge in [-0.1, -0.05) is 19.9 Å². The van der Waals surface area contributed by atoms with Gasteiger partial charge in [-0.25, -0.2) is 4.39 Å². The van der Waals surface area contributed by atoms with Crippen LogP contribution in [0.4, 0.5) is 10.1 Å². The number of hydrogen-bond acceptors (Lipinski definition) is 2. The summed E-state index contributed by atoms with van der Waals surface area (Å²) in [5.74, 6) is 0.663. The van der Waals surface area contributed by atoms with Gasteiger partial charge in [0.1, 0.15) is 5.82 Å². The van der Waals surface area contributed by atoms with E-state index in [0.29, 0.717) is 0 Å². The highest BCUT2D eigenvalue weighted by atomic mass is 19.1. The van der Waals surface area contributed by atoms with Gasteiger partial charge in [0.15, 0.2) is 0 Å². The number of nitrogens with zero attached hydrogens (tertiary/aromatic N) is 1. The van der Waals surface area contributed by atoms with Crippen molar-refractivity contribution in [3.63, 3.8) is 0 Å². The van der Waals surface area contributed by atoms with Crippen LogP contribution >= 0.6 is 0 Å². The molecule has 0 aliphatic carbocycles. The lowest BCUT2D eigenvalue weighted by molar-refractivity contribution is 0.434. The summed E-state index contributed by atoms with van der Waals surface area (Å²) in [5.41, 5.74) is 7.67. The van der Waals surface area contributed by atoms with E-state index in [1.807, 2.05) is 12.1 Å². The van der Waals surface area contributed by atoms with Crippen molar-refractivity contribution in [1.82, 2.24) is 0 Å². The van der Waals surface area contributed by atoms with Gasteiger partial charge >= 0.3 is 0 Å². The largest absolute Gasteiger partial charge is 0.369 e. The first-order valence-corrected chi connectivity index (χ1v) is 7.39. The molecule has 2 rings (SSSR count). The Morgan fingerprint density at radius 2 is 2.05 bits per heavy atom. The third kappa shape index (κ3) is 3.69. The van der Waals surface area contributed by atoms with Crippen LogP contribution < -0.4 is 10.6 Å². The average molecular weight is 264 g/mol. The molecular formula is C16H25FN2. The number of halogens is 1. The van der Waals surface area contributed by atoms with Crippen LogP contribution in [0.5, 0.6) is 0 Å². The van der Waals surface area contributed by atoms with Crippen molar-refractivity contribution in [3.8, 4) is 0 Å². The minimum Gasteiger partial charge on any atom is -0.369 e. The number of hydrogen-bond donors (Lipinski definition) is 1. The second kappa shape index (κ2) is 6.38. The Kier molecular flexibility index (Phi) is 4.81. The van der Waals surface area contributed by atoms with E-state index >= 15 is 0 Å². The van der Waals surface area contributed by atoms with Crippen molar-refractivity contribution in [2.24, 2.45) is 11.7 Å². The molecule has 1 saturated heterocycles. The zero-order valence-electron chi connectivity index (χ0n) is 12.0. The smallest absolute Gasteiger partial charge is 0.146 e. The van der Waals surface area contributed by atoms with Gasteiger partial charge in [-0.3, -0.25) is 0 Å². The first-order chi connectivity index (χ1) is 9.10. The number of rotatable bonds is 4. The monoisotopic (exact) mass is 264 g/mol. The highest BCUT2D eigenvalue weighted by Crippen LogP contribution is 2.26. The predicted octanol–water partition coefficient (Wildman–Crippen LogP) is 3.34. The molecule has 0 aromatic heterocycles. The molecular weight excluding hydrogens is 239 g/mol. The lowest BCUT2D eigenvalue weighted by Gasteiger charge is -2.32. The highest BCUT2D eigenvalue weighted by molar-refractivity contribution is 5.49. The Labute approximate surface area is 115 Å². The third-order valence-electron chi connectivity index (χ3n) is 4.16. The number of nitrogens with two attached hydrogens (primary N) is 1. The number of anilines is 1. The highest BCUT2D eigenvalue weighted by Gasteiger charge is 2.18. The Bertz CT molecular complexity index is 411. The van der Waals surface area contributed by atoms with Crippen LogP contribution in [0, 0.1) is 11.7 Å². The van der Waals surface area contributed by atoms with Gasteiger partial charge in [0.05, 0.1) is 5.69 Å². The van der Waals surface area contributed by atoms with Gasteiger partial charge in [-0.15, -0.1) is 0 Å². The molecule has 0 amide bonds. The lowest BCUT2D eigenvalue weighted by atomic mass is 9.98. The van der Waals surface area contributed by atoms with Crippen molar-refractivity contribution in [3.05, 3.63) is 29.6 Å². The Morgan fingerprint density at radius 3 is 2.63 bits per heavy atom. The Balaban J connectivity index is 2.06. The van der Waals surface area contributed by atoms with E-state index in [1.165, 1.54) is 0 Å². The van der Waals surface area contributed by atoms with Crippen molar-refractivity contribution in [2.75, 3.05) is 18.0 Å². The molecule has 1 aromatic rings. The van der Waals surface area contributed by atoms with Gasteiger partial charge in [0.2, 0.25) is 0 Å². The van der Waals surface area contributed by atoms with E-state index in [1.54, 1.807) is 6.07 Å². The molecule has 1 atom stereocenters. The SMILES string of the molecule is CCC(N)Cc1ccc(N2CCC(C)CC2)c(F)c1. The second-order valence-corrected chi connectivity index (χ2v) is 5.83. The van der Waals surface area contributed by atoms with Crippen LogP contribution in [-0.4, -0.2) is 19.1 Å². The van der Waals surface area contributed by atoms with Crippen molar-refractivity contribution >= 4 is 5.69 Å². The fourth-order valence-electron chi connectivity index (χ4n) is 2.63. The minimum absolute atomic E-state index is 0.102. The lowest BCUT2D eigenvalue weighted by Crippen LogP contribution is -2.33. The standard InChI is InChI=1S/C16H25FN2/c1-3-14(18)10-13-4-5-16(15(17)11-13)19-8-6-12(2)7-9-19/h4-5,11-12,14H,3,6-10,18H2,1-2H3. The fraction of sp³-hybridized carbons (Fsp3) is 0.625. The van der Waals surface area contributed by atoms with Gasteiger partial charge < -0.3 is 10.6 Å². The summed E-state index contributed by atoms with van der Waals surface area (Å²) in [6, 6.07) is 5.72. The van der Waals surface area contributed by atoms with Gasteiger partial charge in [0.25, 0.3) is 0 Å². The topological polar surface area (TPSA) is 29.3 Å². The average Bonchev–Trinajstić information content (AvgIpc) is 2.40. The van der Waals surface area contributed by atoms with Crippen LogP contribution in [0.2, 0.25) is 0 Å². The predicted molar refractivity (Wildman–Crippen MR) is 79.0 cm³/mol. The first kappa shape index (κ1) is 14.3. The van der Waals surface area contributed by atoms with Crippen LogP contribution in [-0.2, 0) is 6.42 Å². The van der Waals surface area contributed by atoms with Crippen LogP contribution in [0.3, 0.4) is 0 Å². The molecule has 0 spiro atoms. The minimum atomic E-state index is -0.102. The summed E-state index contributed by atoms with van der Waals surface area (Å²) in [4.78, 5) is 2.17. The van der Waals surface area contributed by atoms with E-state index < -0.39 is 0 Å². The molecule has 0 radical (unpaired) electrons. The maximum Gasteiger partial charge on any atom is 0.146 e. The normalized spacial score (nSPS) is 18.6. The van der Waals surface area contributed by atoms with Crippen LogP contribution in [0.25, 0.3) is 0 Å². The first-order valence-electron chi connectivity index (χ1n) is 7.39. The maximum absolute atomic E-state index is 14.2. The third-order valence-corrected chi connectivity index (χ3v) is 4.16. The van der Waals surface area contributed by atoms with Crippen molar-refractivity contribution in [1.29, 1.82) is 0 Å². The van der Waals surface area contributed by atoms with Gasteiger partial charge in [-0.2, -0.15) is 0 Å². The fourth-order valence-corrected chi connectivity index (χ4v) is 2.63. The summed E-state index contributed by atoms with van der Waals surface area (Å²) >= 11 is 0. The van der Waals surface area contributed by atoms with Gasteiger partial charge in [0, 0.05) is 19.1 Å². The van der Waals surface area contributed by atoms with E-state index in [9.17, 15) is 4.39 Å². The molecule has 1 aliphatic rings. The summed E-state index contributed by atoms with van der Waals surface area (Å²) in [6.45, 7) is 6.25. The van der Waals surface area contributed by atoms with E-state index in [4.69, 9.17) is 5.73 Å². The molecule has 1 unspecified atom stereocenters. The molecule has 2 N–H and O–H groups in total. The maximum atomic E-state index is 14.2. The summed E-state index contributed by atoms with van der Waals surface area (Å²) < 4.78 is 14.2. The van der Waals surface area contributed by atoms with Crippen LogP contribution in [0.1, 0.15) is 38.7 Å². The Hall–Kier alpha value is -1.09. The van der Waals surface area contributed by atoms with Crippen molar-refractivity contribution < 1.29 is 4.39 Å². The molecule has 1 aromatic carbocycles. The van der Waals surface area contributed by atoms with Gasteiger partial charge in [-0.05, 0) is 49.3 Å². The quantitative estimate of drug-likeness (QED) is 0.903. The second-order valence-electron chi connectivity index (χ2n) is 5.83. The Morgan fingerprint density at radius 1 is 1.37 bits per heavy atom. The van der Waals surface area contributed by atoms with Crippen LogP contribution in [0.15, 0.2) is 18.2 Å². The molecule has 3 heteroatoms. The number of piperidine rings is 1. The molecule has 106 valence electrons. The molecule has 1 heterocycles. The van der Waals surface area contributed by atoms with Crippen molar-refractivity contribution in [2.45, 2.75) is 45.6 Å². The number of benzene rings is 1. The van der Waals surface area contributed by atoms with E-state index in [2.05, 4.69) is 18.7 Å². The van der Waals surface area contributed by atoms with E-state index in [0.717, 1.165) is 55.9 Å². The molecule has 19 heavy (non-hydrogen) atoms. The summed E-state index contributed by atoms with van der Waals surface area (Å²) in [5, 5.41) is 0. The van der Waals surface area contributed by atoms with E-state index in [-0.39, 0.29) is 11.9 Å². The molecule has 1 fully saturated rings. The summed E-state index contributed by atoms with van der Waals surface area (Å²) in [7, 11) is 0. The molecule has 1 aliphatic heterocycles. The summed E-state index contributed by atoms with van der Waals surface area (Å²) in [6.07, 6.45) is 3.99.